The summed E-state index contributed by atoms with van der Waals surface area (Å²) in [4.78, 5) is 10.7. The standard InChI is InChI=1S/C10H13N5O.C2H6/c1-6-3-8(12-4-9(11)16)10-14-13-7(2)15(10)5-6;1-2/h3,5,12H,4H2,1-2H3,(H2,11,16);1-2H3. The van der Waals surface area contributed by atoms with Crippen molar-refractivity contribution in [2.45, 2.75) is 27.7 Å². The minimum Gasteiger partial charge on any atom is -0.373 e. The molecule has 2 heterocycles. The maximum absolute atomic E-state index is 10.7. The molecule has 6 heteroatoms. The molecule has 0 aromatic carbocycles. The minimum absolute atomic E-state index is 0.0883. The van der Waals surface area contributed by atoms with Crippen molar-refractivity contribution in [3.05, 3.63) is 23.7 Å². The maximum Gasteiger partial charge on any atom is 0.236 e. The number of fused-ring (bicyclic) bond motifs is 1. The van der Waals surface area contributed by atoms with E-state index in [2.05, 4.69) is 15.5 Å². The number of primary amides is 1. The second kappa shape index (κ2) is 6.00. The van der Waals surface area contributed by atoms with Gasteiger partial charge in [-0.25, -0.2) is 0 Å². The van der Waals surface area contributed by atoms with Crippen LogP contribution in [0.1, 0.15) is 25.2 Å². The Morgan fingerprint density at radius 1 is 1.39 bits per heavy atom. The Balaban J connectivity index is 0.000000771. The summed E-state index contributed by atoms with van der Waals surface area (Å²) in [5, 5.41) is 11.0. The van der Waals surface area contributed by atoms with E-state index in [9.17, 15) is 4.79 Å². The van der Waals surface area contributed by atoms with Crippen molar-refractivity contribution in [2.24, 2.45) is 5.73 Å². The minimum atomic E-state index is -0.407. The van der Waals surface area contributed by atoms with E-state index in [1.807, 2.05) is 44.4 Å². The van der Waals surface area contributed by atoms with Crippen LogP contribution in [0.2, 0.25) is 0 Å². The second-order valence-electron chi connectivity index (χ2n) is 3.69. The van der Waals surface area contributed by atoms with Crippen LogP contribution < -0.4 is 11.1 Å². The van der Waals surface area contributed by atoms with Gasteiger partial charge in [-0.05, 0) is 25.5 Å². The SMILES string of the molecule is CC.Cc1cc(NCC(N)=O)c2nnc(C)n2c1. The Kier molecular flexibility index (Phi) is 4.65. The molecule has 0 unspecified atom stereocenters. The molecule has 0 saturated carbocycles. The molecule has 98 valence electrons. The molecule has 18 heavy (non-hydrogen) atoms. The number of amides is 1. The molecule has 2 aromatic heterocycles. The van der Waals surface area contributed by atoms with Gasteiger partial charge in [0.05, 0.1) is 12.2 Å². The number of carbonyl (C=O) groups excluding carboxylic acids is 1. The highest BCUT2D eigenvalue weighted by Crippen LogP contribution is 2.17. The lowest BCUT2D eigenvalue weighted by atomic mass is 10.3. The first-order chi connectivity index (χ1) is 8.58. The van der Waals surface area contributed by atoms with Crippen LogP contribution in [0.4, 0.5) is 5.69 Å². The number of aromatic nitrogens is 3. The summed E-state index contributed by atoms with van der Waals surface area (Å²) >= 11 is 0. The number of nitrogens with zero attached hydrogens (tertiary/aromatic N) is 3. The number of pyridine rings is 1. The van der Waals surface area contributed by atoms with Crippen molar-refractivity contribution in [3.63, 3.8) is 0 Å². The summed E-state index contributed by atoms with van der Waals surface area (Å²) in [6, 6.07) is 1.91. The molecule has 0 saturated heterocycles. The van der Waals surface area contributed by atoms with E-state index in [-0.39, 0.29) is 6.54 Å². The summed E-state index contributed by atoms with van der Waals surface area (Å²) in [7, 11) is 0. The molecular formula is C12H19N5O. The first kappa shape index (κ1) is 14.0. The molecule has 2 rings (SSSR count). The van der Waals surface area contributed by atoms with Gasteiger partial charge in [0, 0.05) is 6.20 Å². The van der Waals surface area contributed by atoms with Gasteiger partial charge in [0.15, 0.2) is 5.65 Å². The van der Waals surface area contributed by atoms with Crippen LogP contribution >= 0.6 is 0 Å². The van der Waals surface area contributed by atoms with E-state index < -0.39 is 5.91 Å². The maximum atomic E-state index is 10.7. The lowest BCUT2D eigenvalue weighted by molar-refractivity contribution is -0.116. The van der Waals surface area contributed by atoms with Crippen molar-refractivity contribution in [1.29, 1.82) is 0 Å². The number of anilines is 1. The van der Waals surface area contributed by atoms with E-state index in [0.717, 1.165) is 17.1 Å². The van der Waals surface area contributed by atoms with Crippen LogP contribution in [-0.2, 0) is 4.79 Å². The Morgan fingerprint density at radius 3 is 2.67 bits per heavy atom. The lowest BCUT2D eigenvalue weighted by Gasteiger charge is -2.07. The molecule has 0 aliphatic carbocycles. The summed E-state index contributed by atoms with van der Waals surface area (Å²) < 4.78 is 1.87. The number of aryl methyl sites for hydroxylation is 2. The van der Waals surface area contributed by atoms with Gasteiger partial charge < -0.3 is 11.1 Å². The smallest absolute Gasteiger partial charge is 0.236 e. The van der Waals surface area contributed by atoms with Crippen LogP contribution in [0.5, 0.6) is 0 Å². The van der Waals surface area contributed by atoms with Crippen LogP contribution in [0.3, 0.4) is 0 Å². The van der Waals surface area contributed by atoms with E-state index in [1.54, 1.807) is 0 Å². The average molecular weight is 249 g/mol. The largest absolute Gasteiger partial charge is 0.373 e. The zero-order valence-electron chi connectivity index (χ0n) is 11.2. The Morgan fingerprint density at radius 2 is 2.06 bits per heavy atom. The molecule has 0 aliphatic rings. The molecular weight excluding hydrogens is 230 g/mol. The Bertz CT molecular complexity index is 547. The van der Waals surface area contributed by atoms with E-state index >= 15 is 0 Å². The van der Waals surface area contributed by atoms with E-state index in [1.165, 1.54) is 0 Å². The normalized spacial score (nSPS) is 9.78. The number of hydrogen-bond donors (Lipinski definition) is 2. The fourth-order valence-electron chi connectivity index (χ4n) is 1.55. The van der Waals surface area contributed by atoms with Crippen LogP contribution in [0.15, 0.2) is 12.3 Å². The van der Waals surface area contributed by atoms with Gasteiger partial charge in [0.2, 0.25) is 5.91 Å². The zero-order chi connectivity index (χ0) is 13.7. The zero-order valence-corrected chi connectivity index (χ0v) is 11.2. The summed E-state index contributed by atoms with van der Waals surface area (Å²) in [6.07, 6.45) is 1.94. The number of nitrogens with two attached hydrogens (primary N) is 1. The molecule has 1 amide bonds. The Labute approximate surface area is 106 Å². The molecule has 6 nitrogen and oxygen atoms in total. The van der Waals surface area contributed by atoms with Crippen molar-refractivity contribution < 1.29 is 4.79 Å². The van der Waals surface area contributed by atoms with Crippen LogP contribution in [-0.4, -0.2) is 27.0 Å². The third-order valence-corrected chi connectivity index (χ3v) is 2.26. The molecule has 0 spiro atoms. The topological polar surface area (TPSA) is 85.3 Å². The predicted molar refractivity (Wildman–Crippen MR) is 71.5 cm³/mol. The van der Waals surface area contributed by atoms with Gasteiger partial charge in [-0.3, -0.25) is 9.20 Å². The molecule has 0 atom stereocenters. The van der Waals surface area contributed by atoms with Gasteiger partial charge in [0.25, 0.3) is 0 Å². The summed E-state index contributed by atoms with van der Waals surface area (Å²) in [6.45, 7) is 7.93. The predicted octanol–water partition coefficient (Wildman–Crippen LogP) is 1.27. The number of carbonyl (C=O) groups is 1. The van der Waals surface area contributed by atoms with Crippen LogP contribution in [0, 0.1) is 13.8 Å². The molecule has 0 fully saturated rings. The van der Waals surface area contributed by atoms with Crippen molar-refractivity contribution in [3.8, 4) is 0 Å². The average Bonchev–Trinajstić information content (AvgIpc) is 2.71. The molecule has 3 N–H and O–H groups in total. The monoisotopic (exact) mass is 249 g/mol. The van der Waals surface area contributed by atoms with Crippen molar-refractivity contribution in [1.82, 2.24) is 14.6 Å². The highest BCUT2D eigenvalue weighted by molar-refractivity contribution is 5.81. The molecule has 0 bridgehead atoms. The molecule has 0 radical (unpaired) electrons. The van der Waals surface area contributed by atoms with Gasteiger partial charge in [-0.2, -0.15) is 0 Å². The van der Waals surface area contributed by atoms with Crippen molar-refractivity contribution in [2.75, 3.05) is 11.9 Å². The first-order valence-electron chi connectivity index (χ1n) is 5.92. The highest BCUT2D eigenvalue weighted by Gasteiger charge is 2.07. The van der Waals surface area contributed by atoms with E-state index in [4.69, 9.17) is 5.73 Å². The third kappa shape index (κ3) is 2.97. The third-order valence-electron chi connectivity index (χ3n) is 2.26. The Hall–Kier alpha value is -2.11. The fourth-order valence-corrected chi connectivity index (χ4v) is 1.55. The summed E-state index contributed by atoms with van der Waals surface area (Å²) in [5.74, 6) is 0.400. The highest BCUT2D eigenvalue weighted by atomic mass is 16.1. The van der Waals surface area contributed by atoms with Gasteiger partial charge >= 0.3 is 0 Å². The molecule has 0 aliphatic heterocycles. The summed E-state index contributed by atoms with van der Waals surface area (Å²) in [5.41, 5.74) is 7.60. The number of nitrogens with one attached hydrogen (secondary N) is 1. The van der Waals surface area contributed by atoms with Gasteiger partial charge in [-0.1, -0.05) is 13.8 Å². The van der Waals surface area contributed by atoms with Gasteiger partial charge in [0.1, 0.15) is 5.82 Å². The lowest BCUT2D eigenvalue weighted by Crippen LogP contribution is -2.22. The van der Waals surface area contributed by atoms with Crippen LogP contribution in [0.25, 0.3) is 5.65 Å². The molecule has 2 aromatic rings. The first-order valence-corrected chi connectivity index (χ1v) is 5.92. The number of hydrogen-bond acceptors (Lipinski definition) is 4. The van der Waals surface area contributed by atoms with Gasteiger partial charge in [-0.15, -0.1) is 10.2 Å². The fraction of sp³-hybridized carbons (Fsp3) is 0.417. The van der Waals surface area contributed by atoms with E-state index in [0.29, 0.717) is 5.65 Å². The second-order valence-corrected chi connectivity index (χ2v) is 3.69. The number of rotatable bonds is 3. The van der Waals surface area contributed by atoms with Crippen molar-refractivity contribution >= 4 is 17.2 Å². The quantitative estimate of drug-likeness (QED) is 0.857.